The van der Waals surface area contributed by atoms with Gasteiger partial charge in [0.05, 0.1) is 12.6 Å². The molecule has 5 heteroatoms. The Bertz CT molecular complexity index is 850. The van der Waals surface area contributed by atoms with Crippen LogP contribution in [0.5, 0.6) is 5.75 Å². The summed E-state index contributed by atoms with van der Waals surface area (Å²) in [5.41, 5.74) is 2.36. The Kier molecular flexibility index (Phi) is 5.64. The third kappa shape index (κ3) is 3.76. The molecular formula is C21H28N2O3. The molecule has 1 unspecified atom stereocenters. The van der Waals surface area contributed by atoms with Crippen molar-refractivity contribution in [2.75, 3.05) is 13.7 Å². The predicted molar refractivity (Wildman–Crippen MR) is 104 cm³/mol. The molecule has 1 aliphatic carbocycles. The molecule has 2 aromatic rings. The molecule has 140 valence electrons. The van der Waals surface area contributed by atoms with Crippen molar-refractivity contribution in [3.05, 3.63) is 39.7 Å². The third-order valence-corrected chi connectivity index (χ3v) is 5.71. The molecule has 0 spiro atoms. The van der Waals surface area contributed by atoms with E-state index in [1.165, 1.54) is 12.8 Å². The highest BCUT2D eigenvalue weighted by atomic mass is 16.5. The van der Waals surface area contributed by atoms with Crippen molar-refractivity contribution in [2.24, 2.45) is 11.8 Å². The molecule has 0 saturated heterocycles. The number of aromatic nitrogens is 1. The van der Waals surface area contributed by atoms with Gasteiger partial charge in [-0.05, 0) is 49.8 Å². The summed E-state index contributed by atoms with van der Waals surface area (Å²) in [6.45, 7) is 4.51. The topological polar surface area (TPSA) is 71.2 Å². The van der Waals surface area contributed by atoms with Crippen LogP contribution in [0.1, 0.15) is 43.7 Å². The Morgan fingerprint density at radius 1 is 1.35 bits per heavy atom. The smallest absolute Gasteiger partial charge is 0.251 e. The molecule has 1 atom stereocenters. The van der Waals surface area contributed by atoms with Gasteiger partial charge >= 0.3 is 0 Å². The van der Waals surface area contributed by atoms with Gasteiger partial charge in [0.1, 0.15) is 5.75 Å². The van der Waals surface area contributed by atoms with E-state index in [0.29, 0.717) is 30.2 Å². The number of amides is 1. The van der Waals surface area contributed by atoms with Gasteiger partial charge in [0, 0.05) is 23.4 Å². The van der Waals surface area contributed by atoms with Gasteiger partial charge < -0.3 is 15.0 Å². The van der Waals surface area contributed by atoms with Crippen LogP contribution in [0, 0.1) is 18.8 Å². The largest absolute Gasteiger partial charge is 0.495 e. The second-order valence-electron chi connectivity index (χ2n) is 7.37. The number of rotatable bonds is 6. The van der Waals surface area contributed by atoms with E-state index in [-0.39, 0.29) is 17.4 Å². The summed E-state index contributed by atoms with van der Waals surface area (Å²) < 4.78 is 5.34. The van der Waals surface area contributed by atoms with Gasteiger partial charge in [-0.1, -0.05) is 25.8 Å². The van der Waals surface area contributed by atoms with Crippen LogP contribution in [0.4, 0.5) is 0 Å². The van der Waals surface area contributed by atoms with Crippen LogP contribution >= 0.6 is 0 Å². The Labute approximate surface area is 154 Å². The molecule has 5 nitrogen and oxygen atoms in total. The number of aromatic amines is 1. The van der Waals surface area contributed by atoms with Gasteiger partial charge in [-0.25, -0.2) is 0 Å². The first-order valence-electron chi connectivity index (χ1n) is 9.48. The van der Waals surface area contributed by atoms with Gasteiger partial charge in [0.2, 0.25) is 5.91 Å². The Morgan fingerprint density at radius 2 is 2.08 bits per heavy atom. The maximum Gasteiger partial charge on any atom is 0.251 e. The number of nitrogens with one attached hydrogen (secondary N) is 2. The zero-order chi connectivity index (χ0) is 18.7. The van der Waals surface area contributed by atoms with Gasteiger partial charge in [0.25, 0.3) is 5.56 Å². The van der Waals surface area contributed by atoms with Crippen LogP contribution in [0.3, 0.4) is 0 Å². The minimum absolute atomic E-state index is 0.0545. The first-order valence-corrected chi connectivity index (χ1v) is 9.48. The van der Waals surface area contributed by atoms with Gasteiger partial charge in [-0.15, -0.1) is 0 Å². The number of benzene rings is 1. The van der Waals surface area contributed by atoms with Crippen molar-refractivity contribution >= 4 is 16.8 Å². The number of ether oxygens (including phenoxy) is 1. The van der Waals surface area contributed by atoms with Crippen LogP contribution in [0.15, 0.2) is 23.0 Å². The predicted octanol–water partition coefficient (Wildman–Crippen LogP) is 3.33. The number of hydrogen-bond acceptors (Lipinski definition) is 3. The summed E-state index contributed by atoms with van der Waals surface area (Å²) in [7, 11) is 1.59. The molecule has 1 aromatic carbocycles. The number of carbonyl (C=O) groups is 1. The van der Waals surface area contributed by atoms with E-state index in [1.54, 1.807) is 7.11 Å². The fourth-order valence-electron chi connectivity index (χ4n) is 3.96. The van der Waals surface area contributed by atoms with Gasteiger partial charge in [-0.3, -0.25) is 9.59 Å². The normalized spacial score (nSPS) is 16.0. The monoisotopic (exact) mass is 356 g/mol. The number of methoxy groups -OCH3 is 1. The maximum atomic E-state index is 12.4. The van der Waals surface area contributed by atoms with E-state index in [2.05, 4.69) is 10.3 Å². The average molecular weight is 356 g/mol. The SMILES string of the molecule is COc1ccc(C)c2cc(CCNC(=O)C(C)C3CCCC3)c(=O)[nH]c12. The molecule has 0 bridgehead atoms. The fraction of sp³-hybridized carbons (Fsp3) is 0.524. The first-order chi connectivity index (χ1) is 12.5. The summed E-state index contributed by atoms with van der Waals surface area (Å²) in [4.78, 5) is 27.7. The summed E-state index contributed by atoms with van der Waals surface area (Å²) in [5, 5.41) is 3.98. The van der Waals surface area contributed by atoms with Crippen molar-refractivity contribution in [1.82, 2.24) is 10.3 Å². The van der Waals surface area contributed by atoms with Crippen molar-refractivity contribution in [2.45, 2.75) is 46.0 Å². The number of carbonyl (C=O) groups excluding carboxylic acids is 1. The lowest BCUT2D eigenvalue weighted by molar-refractivity contribution is -0.125. The molecule has 1 aliphatic rings. The van der Waals surface area contributed by atoms with E-state index in [0.717, 1.165) is 29.3 Å². The minimum Gasteiger partial charge on any atom is -0.495 e. The molecule has 1 saturated carbocycles. The highest BCUT2D eigenvalue weighted by Gasteiger charge is 2.26. The van der Waals surface area contributed by atoms with Crippen molar-refractivity contribution < 1.29 is 9.53 Å². The summed E-state index contributed by atoms with van der Waals surface area (Å²) in [6, 6.07) is 5.75. The van der Waals surface area contributed by atoms with Crippen LogP contribution in [0.2, 0.25) is 0 Å². The summed E-state index contributed by atoms with van der Waals surface area (Å²) in [5.74, 6) is 1.33. The number of fused-ring (bicyclic) bond motifs is 1. The Hall–Kier alpha value is -2.30. The summed E-state index contributed by atoms with van der Waals surface area (Å²) in [6.07, 6.45) is 5.29. The lowest BCUT2D eigenvalue weighted by Crippen LogP contribution is -2.34. The van der Waals surface area contributed by atoms with Crippen LogP contribution in [-0.4, -0.2) is 24.5 Å². The van der Waals surface area contributed by atoms with Crippen molar-refractivity contribution in [3.8, 4) is 5.75 Å². The van der Waals surface area contributed by atoms with E-state index in [9.17, 15) is 9.59 Å². The molecule has 1 heterocycles. The molecule has 1 fully saturated rings. The molecule has 0 aliphatic heterocycles. The fourth-order valence-corrected chi connectivity index (χ4v) is 3.96. The highest BCUT2D eigenvalue weighted by molar-refractivity contribution is 5.87. The molecule has 1 amide bonds. The lowest BCUT2D eigenvalue weighted by Gasteiger charge is -2.18. The molecule has 2 N–H and O–H groups in total. The summed E-state index contributed by atoms with van der Waals surface area (Å²) >= 11 is 0. The van der Waals surface area contributed by atoms with E-state index in [4.69, 9.17) is 4.74 Å². The number of aryl methyl sites for hydroxylation is 1. The van der Waals surface area contributed by atoms with Crippen LogP contribution in [-0.2, 0) is 11.2 Å². The van der Waals surface area contributed by atoms with Crippen LogP contribution < -0.4 is 15.6 Å². The zero-order valence-corrected chi connectivity index (χ0v) is 15.9. The lowest BCUT2D eigenvalue weighted by atomic mass is 9.92. The highest BCUT2D eigenvalue weighted by Crippen LogP contribution is 2.31. The second-order valence-corrected chi connectivity index (χ2v) is 7.37. The Morgan fingerprint density at radius 3 is 2.77 bits per heavy atom. The first kappa shape index (κ1) is 18.5. The van der Waals surface area contributed by atoms with Crippen LogP contribution in [0.25, 0.3) is 10.9 Å². The average Bonchev–Trinajstić information content (AvgIpc) is 3.17. The van der Waals surface area contributed by atoms with Gasteiger partial charge in [-0.2, -0.15) is 0 Å². The van der Waals surface area contributed by atoms with Crippen molar-refractivity contribution in [3.63, 3.8) is 0 Å². The van der Waals surface area contributed by atoms with E-state index >= 15 is 0 Å². The molecule has 26 heavy (non-hydrogen) atoms. The maximum absolute atomic E-state index is 12.4. The van der Waals surface area contributed by atoms with Crippen molar-refractivity contribution in [1.29, 1.82) is 0 Å². The molecular weight excluding hydrogens is 328 g/mol. The molecule has 1 aromatic heterocycles. The molecule has 3 rings (SSSR count). The number of H-pyrrole nitrogens is 1. The Balaban J connectivity index is 1.69. The standard InChI is InChI=1S/C21H28N2O3/c1-13-8-9-18(26-3)19-17(13)12-16(21(25)23-19)10-11-22-20(24)14(2)15-6-4-5-7-15/h8-9,12,14-15H,4-7,10-11H2,1-3H3,(H,22,24)(H,23,25). The number of pyridine rings is 1. The van der Waals surface area contributed by atoms with Gasteiger partial charge in [0.15, 0.2) is 0 Å². The zero-order valence-electron chi connectivity index (χ0n) is 15.9. The second kappa shape index (κ2) is 7.94. The minimum atomic E-state index is -0.125. The molecule has 0 radical (unpaired) electrons. The van der Waals surface area contributed by atoms with E-state index in [1.807, 2.05) is 32.0 Å². The van der Waals surface area contributed by atoms with E-state index < -0.39 is 0 Å². The number of hydrogen-bond donors (Lipinski definition) is 2. The quantitative estimate of drug-likeness (QED) is 0.834. The third-order valence-electron chi connectivity index (χ3n) is 5.71.